The Morgan fingerprint density at radius 1 is 1.00 bits per heavy atom. The van der Waals surface area contributed by atoms with Crippen molar-refractivity contribution < 1.29 is 50.1 Å². The number of halogens is 7. The maximum absolute atomic E-state index is 14.3. The van der Waals surface area contributed by atoms with Gasteiger partial charge in [0.15, 0.2) is 5.78 Å². The van der Waals surface area contributed by atoms with Gasteiger partial charge >= 0.3 is 18.0 Å². The molecule has 1 N–H and O–H groups in total. The second kappa shape index (κ2) is 10.4. The van der Waals surface area contributed by atoms with Gasteiger partial charge in [-0.1, -0.05) is 36.8 Å². The molecular weight excluding hydrogens is 569 g/mol. The Balaban J connectivity index is 1.58. The van der Waals surface area contributed by atoms with Crippen LogP contribution < -0.4 is 0 Å². The summed E-state index contributed by atoms with van der Waals surface area (Å²) in [5.41, 5.74) is 2.27. The standard InChI is InChI=1S/C31H35F7O4/c1-27-15-23(17-4-6-18(7-5-17)26(40)29(32,33)30(34,35)31(36,37)38)25-21-11-9-20(39)14-19(21)8-10-22(25)24(27)12-13-28(27,42-3)16-41-2/h4-7,14,22-24,26,40H,8-13,15-16H2,1-3H3/t22-,23+,24-,26?,27-,28+/m0/s1. The predicted octanol–water partition coefficient (Wildman–Crippen LogP) is 7.48. The van der Waals surface area contributed by atoms with Crippen LogP contribution in [0.25, 0.3) is 0 Å². The van der Waals surface area contributed by atoms with Crippen LogP contribution in [-0.4, -0.2) is 55.3 Å². The molecule has 6 atom stereocenters. The van der Waals surface area contributed by atoms with Crippen molar-refractivity contribution in [2.24, 2.45) is 17.3 Å². The molecule has 2 saturated carbocycles. The van der Waals surface area contributed by atoms with E-state index in [0.29, 0.717) is 31.4 Å². The van der Waals surface area contributed by atoms with Gasteiger partial charge in [-0.2, -0.15) is 30.7 Å². The van der Waals surface area contributed by atoms with Gasteiger partial charge in [-0.25, -0.2) is 0 Å². The molecule has 0 saturated heterocycles. The molecule has 0 aromatic heterocycles. The third-order valence-corrected chi connectivity index (χ3v) is 10.6. The average Bonchev–Trinajstić information content (AvgIpc) is 3.23. The van der Waals surface area contributed by atoms with E-state index in [9.17, 15) is 40.6 Å². The molecule has 1 unspecified atom stereocenters. The molecule has 5 rings (SSSR count). The van der Waals surface area contributed by atoms with E-state index in [1.165, 1.54) is 17.7 Å². The molecule has 1 aromatic rings. The highest BCUT2D eigenvalue weighted by Gasteiger charge is 2.75. The molecule has 0 aliphatic heterocycles. The first-order valence-electron chi connectivity index (χ1n) is 14.2. The highest BCUT2D eigenvalue weighted by molar-refractivity contribution is 5.93. The molecule has 1 aromatic carbocycles. The number of aliphatic hydroxyl groups is 1. The number of ether oxygens (including phenoxy) is 2. The Bertz CT molecular complexity index is 1280. The maximum Gasteiger partial charge on any atom is 0.459 e. The molecule has 232 valence electrons. The van der Waals surface area contributed by atoms with Gasteiger partial charge in [-0.05, 0) is 78.7 Å². The van der Waals surface area contributed by atoms with Crippen LogP contribution in [0.3, 0.4) is 0 Å². The molecular formula is C31H35F7O4. The SMILES string of the molecule is COC[C@]1(OC)CC[C@H]2[C@@H]3CCC4=CC(=O)CCC4=C3[C@@H](c3ccc(C(O)C(F)(F)C(F)(F)C(F)(F)F)cc3)C[C@@]21C. The van der Waals surface area contributed by atoms with Crippen molar-refractivity contribution in [2.75, 3.05) is 20.8 Å². The minimum atomic E-state index is -6.54. The number of carbonyl (C=O) groups is 1. The van der Waals surface area contributed by atoms with Crippen molar-refractivity contribution in [1.29, 1.82) is 0 Å². The number of fused-ring (bicyclic) bond motifs is 4. The van der Waals surface area contributed by atoms with Gasteiger partial charge in [-0.3, -0.25) is 4.79 Å². The fourth-order valence-corrected chi connectivity index (χ4v) is 8.38. The molecule has 0 heterocycles. The number of hydrogen-bond acceptors (Lipinski definition) is 4. The van der Waals surface area contributed by atoms with Crippen LogP contribution in [-0.2, 0) is 14.3 Å². The smallest absolute Gasteiger partial charge is 0.382 e. The summed E-state index contributed by atoms with van der Waals surface area (Å²) >= 11 is 0. The summed E-state index contributed by atoms with van der Waals surface area (Å²) < 4.78 is 106. The highest BCUT2D eigenvalue weighted by atomic mass is 19.4. The van der Waals surface area contributed by atoms with Crippen molar-refractivity contribution in [3.8, 4) is 0 Å². The normalized spacial score (nSPS) is 32.7. The lowest BCUT2D eigenvalue weighted by Gasteiger charge is -2.55. The number of carbonyl (C=O) groups excluding carboxylic acids is 1. The summed E-state index contributed by atoms with van der Waals surface area (Å²) in [5, 5.41) is 10.0. The molecule has 0 spiro atoms. The second-order valence-corrected chi connectivity index (χ2v) is 12.4. The van der Waals surface area contributed by atoms with Gasteiger partial charge < -0.3 is 14.6 Å². The van der Waals surface area contributed by atoms with Crippen LogP contribution in [0.15, 0.2) is 47.1 Å². The Kier molecular flexibility index (Phi) is 7.75. The summed E-state index contributed by atoms with van der Waals surface area (Å²) in [5.74, 6) is -12.0. The van der Waals surface area contributed by atoms with Crippen LogP contribution in [0.5, 0.6) is 0 Å². The van der Waals surface area contributed by atoms with Crippen molar-refractivity contribution >= 4 is 5.78 Å². The molecule has 0 bridgehead atoms. The fraction of sp³-hybridized carbons (Fsp3) is 0.645. The Morgan fingerprint density at radius 2 is 1.67 bits per heavy atom. The van der Waals surface area contributed by atoms with Gasteiger partial charge in [0.25, 0.3) is 0 Å². The average molecular weight is 605 g/mol. The number of allylic oxidation sites excluding steroid dienone is 4. The number of benzene rings is 1. The summed E-state index contributed by atoms with van der Waals surface area (Å²) in [7, 11) is 3.28. The summed E-state index contributed by atoms with van der Waals surface area (Å²) in [6.07, 6.45) is -3.40. The van der Waals surface area contributed by atoms with Crippen molar-refractivity contribution in [3.63, 3.8) is 0 Å². The summed E-state index contributed by atoms with van der Waals surface area (Å²) in [4.78, 5) is 12.2. The minimum absolute atomic E-state index is 0.0688. The van der Waals surface area contributed by atoms with Crippen LogP contribution in [0, 0.1) is 17.3 Å². The summed E-state index contributed by atoms with van der Waals surface area (Å²) in [6.45, 7) is 2.55. The molecule has 4 nitrogen and oxygen atoms in total. The predicted molar refractivity (Wildman–Crippen MR) is 139 cm³/mol. The zero-order valence-electron chi connectivity index (χ0n) is 23.7. The maximum atomic E-state index is 14.3. The van der Waals surface area contributed by atoms with Gasteiger partial charge in [0.05, 0.1) is 12.2 Å². The fourth-order valence-electron chi connectivity index (χ4n) is 8.38. The molecule has 4 aliphatic carbocycles. The lowest BCUT2D eigenvalue weighted by atomic mass is 9.51. The van der Waals surface area contributed by atoms with E-state index in [1.807, 2.05) is 0 Å². The zero-order valence-corrected chi connectivity index (χ0v) is 23.7. The van der Waals surface area contributed by atoms with Gasteiger partial charge in [0.1, 0.15) is 6.10 Å². The molecule has 0 radical (unpaired) electrons. The number of ketones is 1. The molecule has 2 fully saturated rings. The van der Waals surface area contributed by atoms with E-state index in [4.69, 9.17) is 9.47 Å². The second-order valence-electron chi connectivity index (χ2n) is 12.4. The van der Waals surface area contributed by atoms with Crippen LogP contribution in [0.2, 0.25) is 0 Å². The van der Waals surface area contributed by atoms with E-state index in [2.05, 4.69) is 6.92 Å². The number of methoxy groups -OCH3 is 2. The van der Waals surface area contributed by atoms with E-state index in [-0.39, 0.29) is 29.0 Å². The number of hydrogen-bond donors (Lipinski definition) is 1. The first kappa shape index (κ1) is 31.2. The molecule has 11 heteroatoms. The number of alkyl halides is 7. The minimum Gasteiger partial charge on any atom is -0.382 e. The largest absolute Gasteiger partial charge is 0.459 e. The quantitative estimate of drug-likeness (QED) is 0.328. The third kappa shape index (κ3) is 4.48. The first-order chi connectivity index (χ1) is 19.5. The molecule has 4 aliphatic rings. The lowest BCUT2D eigenvalue weighted by Crippen LogP contribution is -2.55. The molecule has 42 heavy (non-hydrogen) atoms. The highest BCUT2D eigenvalue weighted by Crippen LogP contribution is 2.67. The van der Waals surface area contributed by atoms with Crippen LogP contribution in [0.1, 0.15) is 75.0 Å². The van der Waals surface area contributed by atoms with E-state index >= 15 is 0 Å². The van der Waals surface area contributed by atoms with Crippen molar-refractivity contribution in [1.82, 2.24) is 0 Å². The van der Waals surface area contributed by atoms with E-state index in [0.717, 1.165) is 49.0 Å². The molecule has 0 amide bonds. The number of rotatable bonds is 7. The Labute approximate surface area is 239 Å². The summed E-state index contributed by atoms with van der Waals surface area (Å²) in [6, 6.07) is 4.83. The van der Waals surface area contributed by atoms with Crippen molar-refractivity contribution in [3.05, 3.63) is 58.2 Å². The number of aliphatic hydroxyl groups excluding tert-OH is 1. The van der Waals surface area contributed by atoms with Crippen molar-refractivity contribution in [2.45, 2.75) is 87.5 Å². The monoisotopic (exact) mass is 604 g/mol. The Morgan fingerprint density at radius 3 is 2.26 bits per heavy atom. The van der Waals surface area contributed by atoms with Gasteiger partial charge in [-0.15, -0.1) is 0 Å². The zero-order chi connectivity index (χ0) is 30.9. The van der Waals surface area contributed by atoms with E-state index < -0.39 is 35.3 Å². The van der Waals surface area contributed by atoms with Crippen LogP contribution in [0.4, 0.5) is 30.7 Å². The van der Waals surface area contributed by atoms with Crippen LogP contribution >= 0.6 is 0 Å². The Hall–Kier alpha value is -2.24. The van der Waals surface area contributed by atoms with E-state index in [1.54, 1.807) is 20.3 Å². The topological polar surface area (TPSA) is 55.8 Å². The van der Waals surface area contributed by atoms with Gasteiger partial charge in [0.2, 0.25) is 0 Å². The third-order valence-electron chi connectivity index (χ3n) is 10.6. The lowest BCUT2D eigenvalue weighted by molar-refractivity contribution is -0.372. The van der Waals surface area contributed by atoms with Gasteiger partial charge in [0, 0.05) is 32.0 Å². The first-order valence-corrected chi connectivity index (χ1v) is 14.2.